The Bertz CT molecular complexity index is 1300. The quantitative estimate of drug-likeness (QED) is 0.320. The van der Waals surface area contributed by atoms with Crippen molar-refractivity contribution >= 4 is 35.0 Å². The molecule has 4 atom stereocenters. The van der Waals surface area contributed by atoms with Crippen molar-refractivity contribution in [1.82, 2.24) is 20.4 Å². The molecular weight excluding hydrogens is 512 g/mol. The normalized spacial score (nSPS) is 30.3. The number of benzene rings is 2. The number of carbonyl (C=O) groups is 4. The smallest absolute Gasteiger partial charge is 0.326 e. The van der Waals surface area contributed by atoms with Crippen molar-refractivity contribution in [2.45, 2.75) is 38.0 Å². The number of piperidine rings is 6. The van der Waals surface area contributed by atoms with Gasteiger partial charge in [-0.25, -0.2) is 4.79 Å². The Labute approximate surface area is 233 Å². The lowest BCUT2D eigenvalue weighted by Crippen LogP contribution is -2.57. The van der Waals surface area contributed by atoms with Crippen LogP contribution < -0.4 is 10.6 Å². The molecule has 6 aliphatic rings. The van der Waals surface area contributed by atoms with Crippen LogP contribution in [0.25, 0.3) is 10.8 Å². The van der Waals surface area contributed by atoms with Crippen LogP contribution >= 0.6 is 0 Å². The monoisotopic (exact) mass is 548 g/mol. The van der Waals surface area contributed by atoms with Gasteiger partial charge in [-0.3, -0.25) is 14.4 Å². The molecule has 2 unspecified atom stereocenters. The minimum absolute atomic E-state index is 0.0637. The van der Waals surface area contributed by atoms with Gasteiger partial charge in [0.25, 0.3) is 18.3 Å². The summed E-state index contributed by atoms with van der Waals surface area (Å²) in [5.41, 5.74) is 0.804. The molecular formula is C30H36N4O6. The second-order valence-corrected chi connectivity index (χ2v) is 11.8. The molecule has 6 heterocycles. The van der Waals surface area contributed by atoms with E-state index >= 15 is 0 Å². The molecule has 6 saturated heterocycles. The van der Waals surface area contributed by atoms with Crippen LogP contribution in [0, 0.1) is 23.7 Å². The van der Waals surface area contributed by atoms with Gasteiger partial charge in [-0.1, -0.05) is 12.1 Å². The van der Waals surface area contributed by atoms with Crippen molar-refractivity contribution in [3.8, 4) is 0 Å². The van der Waals surface area contributed by atoms with Crippen LogP contribution in [0.1, 0.15) is 46.4 Å². The highest BCUT2D eigenvalue weighted by Gasteiger charge is 2.42. The number of carbonyl (C=O) groups excluding carboxylic acids is 3. The molecule has 4 bridgehead atoms. The minimum atomic E-state index is -1.00. The van der Waals surface area contributed by atoms with E-state index in [1.807, 2.05) is 0 Å². The van der Waals surface area contributed by atoms with Crippen LogP contribution in [0.4, 0.5) is 0 Å². The topological polar surface area (TPSA) is 128 Å². The number of hydrogen-bond acceptors (Lipinski definition) is 7. The number of aliphatic carboxylic acids is 1. The van der Waals surface area contributed by atoms with E-state index in [1.54, 1.807) is 36.4 Å². The van der Waals surface area contributed by atoms with Gasteiger partial charge < -0.3 is 30.3 Å². The van der Waals surface area contributed by atoms with Crippen molar-refractivity contribution in [3.05, 3.63) is 47.5 Å². The molecule has 0 radical (unpaired) electrons. The predicted molar refractivity (Wildman–Crippen MR) is 147 cm³/mol. The largest absolute Gasteiger partial charge is 0.480 e. The lowest BCUT2D eigenvalue weighted by Gasteiger charge is -2.46. The van der Waals surface area contributed by atoms with Gasteiger partial charge in [0, 0.05) is 36.1 Å². The van der Waals surface area contributed by atoms with Crippen molar-refractivity contribution in [2.75, 3.05) is 39.3 Å². The maximum atomic E-state index is 13.1. The van der Waals surface area contributed by atoms with Gasteiger partial charge in [-0.2, -0.15) is 0 Å². The van der Waals surface area contributed by atoms with Crippen LogP contribution in [-0.4, -0.2) is 90.7 Å². The third kappa shape index (κ3) is 5.30. The summed E-state index contributed by atoms with van der Waals surface area (Å²) in [6.45, 7) is 5.99. The van der Waals surface area contributed by atoms with E-state index in [1.165, 1.54) is 0 Å². The molecule has 2 aromatic rings. The Balaban J connectivity index is 1.14. The van der Waals surface area contributed by atoms with E-state index < -0.39 is 24.1 Å². The summed E-state index contributed by atoms with van der Waals surface area (Å²) in [6.07, 6.45) is 3.34. The molecule has 2 amide bonds. The average Bonchev–Trinajstić information content (AvgIpc) is 2.99. The first-order chi connectivity index (χ1) is 19.4. The number of amides is 2. The Kier molecular flexibility index (Phi) is 7.46. The van der Waals surface area contributed by atoms with E-state index in [0.717, 1.165) is 69.2 Å². The van der Waals surface area contributed by atoms with Gasteiger partial charge in [0.15, 0.2) is 6.23 Å². The van der Waals surface area contributed by atoms with Gasteiger partial charge in [-0.05, 0) is 98.7 Å². The second kappa shape index (κ2) is 11.2. The number of ether oxygens (including phenoxy) is 1. The zero-order chi connectivity index (χ0) is 27.8. The predicted octanol–water partition coefficient (Wildman–Crippen LogP) is 1.94. The summed E-state index contributed by atoms with van der Waals surface area (Å²) in [5.74, 6) is -1.04. The summed E-state index contributed by atoms with van der Waals surface area (Å²) in [5, 5.41) is 17.1. The maximum Gasteiger partial charge on any atom is 0.326 e. The van der Waals surface area contributed by atoms with Gasteiger partial charge >= 0.3 is 5.97 Å². The van der Waals surface area contributed by atoms with E-state index in [-0.39, 0.29) is 17.7 Å². The first kappa shape index (κ1) is 26.7. The Morgan fingerprint density at radius 1 is 0.800 bits per heavy atom. The zero-order valence-electron chi connectivity index (χ0n) is 22.5. The summed E-state index contributed by atoms with van der Waals surface area (Å²) in [6, 6.07) is 9.40. The molecule has 212 valence electrons. The van der Waals surface area contributed by atoms with Crippen LogP contribution in [-0.2, 0) is 14.3 Å². The molecule has 0 aromatic heterocycles. The molecule has 10 heteroatoms. The molecule has 6 fully saturated rings. The molecule has 3 N–H and O–H groups in total. The molecule has 0 saturated carbocycles. The van der Waals surface area contributed by atoms with E-state index in [4.69, 9.17) is 4.74 Å². The van der Waals surface area contributed by atoms with Gasteiger partial charge in [0.2, 0.25) is 0 Å². The number of rotatable bonds is 9. The SMILES string of the molecule is O=COC(NC(=O)c1ccc2cc(C(=O)NC(C(=O)O)[C@H]3CN4CCC3CC4)ccc2c1)[C@H]1CN2CCC1CC2. The minimum Gasteiger partial charge on any atom is -0.480 e. The fourth-order valence-corrected chi connectivity index (χ4v) is 7.36. The number of fused-ring (bicyclic) bond motifs is 7. The highest BCUT2D eigenvalue weighted by atomic mass is 16.5. The Morgan fingerprint density at radius 2 is 1.30 bits per heavy atom. The van der Waals surface area contributed by atoms with Crippen molar-refractivity contribution in [2.24, 2.45) is 23.7 Å². The molecule has 10 nitrogen and oxygen atoms in total. The Morgan fingerprint density at radius 3 is 1.75 bits per heavy atom. The van der Waals surface area contributed by atoms with Crippen LogP contribution in [0.15, 0.2) is 36.4 Å². The number of nitrogens with one attached hydrogen (secondary N) is 2. The van der Waals surface area contributed by atoms with E-state index in [0.29, 0.717) is 36.0 Å². The van der Waals surface area contributed by atoms with Crippen molar-refractivity contribution in [3.63, 3.8) is 0 Å². The molecule has 8 rings (SSSR count). The first-order valence-electron chi connectivity index (χ1n) is 14.3. The lowest BCUT2D eigenvalue weighted by atomic mass is 9.75. The summed E-state index contributed by atoms with van der Waals surface area (Å²) >= 11 is 0. The third-order valence-electron chi connectivity index (χ3n) is 9.62. The highest BCUT2D eigenvalue weighted by Crippen LogP contribution is 2.36. The fraction of sp³-hybridized carbons (Fsp3) is 0.533. The first-order valence-corrected chi connectivity index (χ1v) is 14.3. The zero-order valence-corrected chi connectivity index (χ0v) is 22.5. The molecule has 0 spiro atoms. The lowest BCUT2D eigenvalue weighted by molar-refractivity contribution is -0.143. The third-order valence-corrected chi connectivity index (χ3v) is 9.62. The summed E-state index contributed by atoms with van der Waals surface area (Å²) in [4.78, 5) is 54.2. The standard InChI is InChI=1S/C30H36N4O6/c35-17-40-29(25-16-34-11-7-19(25)8-12-34)32-28(37)23-4-2-20-13-22(3-1-21(20)14-23)27(36)31-26(30(38)39)24-15-33-9-5-18(24)6-10-33/h1-4,13-14,17-19,24-26,29H,5-12,15-16H2,(H,31,36)(H,32,37)(H,38,39)/t24-,25-,26?,29?/m0/s1. The van der Waals surface area contributed by atoms with E-state index in [9.17, 15) is 24.3 Å². The van der Waals surface area contributed by atoms with E-state index in [2.05, 4.69) is 20.4 Å². The fourth-order valence-electron chi connectivity index (χ4n) is 7.36. The molecule has 6 aliphatic heterocycles. The number of carboxylic acids is 1. The number of nitrogens with zero attached hydrogens (tertiary/aromatic N) is 2. The number of carboxylic acid groups (broad SMARTS) is 1. The van der Waals surface area contributed by atoms with Gasteiger partial charge in [0.1, 0.15) is 6.04 Å². The molecule has 2 aromatic carbocycles. The van der Waals surface area contributed by atoms with Crippen molar-refractivity contribution in [1.29, 1.82) is 0 Å². The molecule has 40 heavy (non-hydrogen) atoms. The highest BCUT2D eigenvalue weighted by molar-refractivity contribution is 6.02. The Hall–Kier alpha value is -3.50. The second-order valence-electron chi connectivity index (χ2n) is 11.8. The van der Waals surface area contributed by atoms with Gasteiger partial charge in [0.05, 0.1) is 0 Å². The summed E-state index contributed by atoms with van der Waals surface area (Å²) < 4.78 is 5.34. The van der Waals surface area contributed by atoms with Crippen molar-refractivity contribution < 1.29 is 29.0 Å². The average molecular weight is 549 g/mol. The van der Waals surface area contributed by atoms with Gasteiger partial charge in [-0.15, -0.1) is 0 Å². The maximum absolute atomic E-state index is 13.1. The molecule has 0 aliphatic carbocycles. The van der Waals surface area contributed by atoms with Crippen LogP contribution in [0.3, 0.4) is 0 Å². The van der Waals surface area contributed by atoms with Crippen LogP contribution in [0.2, 0.25) is 0 Å². The summed E-state index contributed by atoms with van der Waals surface area (Å²) in [7, 11) is 0. The van der Waals surface area contributed by atoms with Crippen LogP contribution in [0.5, 0.6) is 0 Å². The number of hydrogen-bond donors (Lipinski definition) is 3.